The van der Waals surface area contributed by atoms with E-state index in [2.05, 4.69) is 10.6 Å². The molecule has 0 spiro atoms. The minimum atomic E-state index is -4.50. The maximum atomic E-state index is 12.9. The molecule has 0 aliphatic rings. The lowest BCUT2D eigenvalue weighted by molar-refractivity contribution is -0.137. The highest BCUT2D eigenvalue weighted by molar-refractivity contribution is 5.91. The second-order valence-electron chi connectivity index (χ2n) is 5.37. The van der Waals surface area contributed by atoms with E-state index in [-0.39, 0.29) is 12.1 Å². The summed E-state index contributed by atoms with van der Waals surface area (Å²) in [5.41, 5.74) is -0.0617. The Balaban J connectivity index is 1.79. The van der Waals surface area contributed by atoms with Crippen molar-refractivity contribution in [3.8, 4) is 5.75 Å². The zero-order valence-electron chi connectivity index (χ0n) is 13.7. The number of benzene rings is 2. The van der Waals surface area contributed by atoms with Gasteiger partial charge < -0.3 is 15.4 Å². The highest BCUT2D eigenvalue weighted by Crippen LogP contribution is 2.34. The van der Waals surface area contributed by atoms with Crippen molar-refractivity contribution in [2.45, 2.75) is 19.1 Å². The quantitative estimate of drug-likeness (QED) is 0.745. The average molecular weight is 352 g/mol. The van der Waals surface area contributed by atoms with Crippen molar-refractivity contribution in [3.05, 3.63) is 59.7 Å². The molecule has 0 bridgehead atoms. The summed E-state index contributed by atoms with van der Waals surface area (Å²) in [4.78, 5) is 11.9. The average Bonchev–Trinajstić information content (AvgIpc) is 2.59. The summed E-state index contributed by atoms with van der Waals surface area (Å²) >= 11 is 0. The number of carbonyl (C=O) groups is 1. The Morgan fingerprint density at radius 3 is 2.40 bits per heavy atom. The highest BCUT2D eigenvalue weighted by atomic mass is 19.4. The first kappa shape index (κ1) is 18.8. The number of halogens is 3. The summed E-state index contributed by atoms with van der Waals surface area (Å²) in [6.45, 7) is 0.905. The van der Waals surface area contributed by atoms with Gasteiger partial charge in [-0.05, 0) is 29.8 Å². The molecule has 4 nitrogen and oxygen atoms in total. The van der Waals surface area contributed by atoms with E-state index in [9.17, 15) is 18.0 Å². The van der Waals surface area contributed by atoms with Gasteiger partial charge >= 0.3 is 6.18 Å². The molecule has 2 N–H and O–H groups in total. The van der Waals surface area contributed by atoms with Crippen molar-refractivity contribution in [1.29, 1.82) is 0 Å². The standard InChI is InChI=1S/C18H19F3N2O2/c1-25-14-8-6-13(7-9-14)12-22-11-10-17(24)23-16-5-3-2-4-15(16)18(19,20)21/h2-9,22H,10-12H2,1H3,(H,23,24). The van der Waals surface area contributed by atoms with Gasteiger partial charge in [0.2, 0.25) is 5.91 Å². The van der Waals surface area contributed by atoms with E-state index in [0.717, 1.165) is 17.4 Å². The van der Waals surface area contributed by atoms with Gasteiger partial charge in [0.25, 0.3) is 0 Å². The van der Waals surface area contributed by atoms with Crippen LogP contribution in [0.1, 0.15) is 17.5 Å². The molecule has 0 unspecified atom stereocenters. The van der Waals surface area contributed by atoms with Crippen molar-refractivity contribution in [1.82, 2.24) is 5.32 Å². The summed E-state index contributed by atoms with van der Waals surface area (Å²) in [7, 11) is 1.59. The lowest BCUT2D eigenvalue weighted by atomic mass is 10.1. The molecule has 0 aromatic heterocycles. The van der Waals surface area contributed by atoms with Crippen LogP contribution in [0.2, 0.25) is 0 Å². The number of amides is 1. The van der Waals surface area contributed by atoms with Gasteiger partial charge in [-0.15, -0.1) is 0 Å². The van der Waals surface area contributed by atoms with E-state index in [0.29, 0.717) is 13.1 Å². The van der Waals surface area contributed by atoms with Crippen LogP contribution in [0.5, 0.6) is 5.75 Å². The number of hydrogen-bond acceptors (Lipinski definition) is 3. The number of rotatable bonds is 7. The Labute approximate surface area is 144 Å². The van der Waals surface area contributed by atoms with Crippen LogP contribution >= 0.6 is 0 Å². The Morgan fingerprint density at radius 2 is 1.76 bits per heavy atom. The molecule has 0 fully saturated rings. The van der Waals surface area contributed by atoms with E-state index in [1.165, 1.54) is 18.2 Å². The van der Waals surface area contributed by atoms with E-state index < -0.39 is 17.6 Å². The molecule has 7 heteroatoms. The molecule has 1 amide bonds. The first-order chi connectivity index (χ1) is 11.9. The number of carbonyl (C=O) groups excluding carboxylic acids is 1. The summed E-state index contributed by atoms with van der Waals surface area (Å²) in [6.07, 6.45) is -4.43. The van der Waals surface area contributed by atoms with Crippen molar-refractivity contribution in [3.63, 3.8) is 0 Å². The Hall–Kier alpha value is -2.54. The summed E-state index contributed by atoms with van der Waals surface area (Å²) in [6, 6.07) is 12.4. The van der Waals surface area contributed by atoms with Crippen LogP contribution in [0, 0.1) is 0 Å². The van der Waals surface area contributed by atoms with Crippen LogP contribution in [0.15, 0.2) is 48.5 Å². The van der Waals surface area contributed by atoms with E-state index >= 15 is 0 Å². The van der Waals surface area contributed by atoms with Gasteiger partial charge in [0.15, 0.2) is 0 Å². The molecule has 0 radical (unpaired) electrons. The van der Waals surface area contributed by atoms with Gasteiger partial charge in [-0.25, -0.2) is 0 Å². The van der Waals surface area contributed by atoms with Crippen molar-refractivity contribution >= 4 is 11.6 Å². The molecule has 0 saturated heterocycles. The van der Waals surface area contributed by atoms with E-state index in [4.69, 9.17) is 4.74 Å². The van der Waals surface area contributed by atoms with Crippen LogP contribution in [0.3, 0.4) is 0 Å². The second kappa shape index (κ2) is 8.53. The number of para-hydroxylation sites is 1. The molecule has 25 heavy (non-hydrogen) atoms. The highest BCUT2D eigenvalue weighted by Gasteiger charge is 2.33. The fourth-order valence-electron chi connectivity index (χ4n) is 2.23. The molecular weight excluding hydrogens is 333 g/mol. The van der Waals surface area contributed by atoms with Crippen molar-refractivity contribution < 1.29 is 22.7 Å². The molecule has 134 valence electrons. The normalized spacial score (nSPS) is 11.2. The fourth-order valence-corrected chi connectivity index (χ4v) is 2.23. The van der Waals surface area contributed by atoms with Gasteiger partial charge in [-0.1, -0.05) is 24.3 Å². The third kappa shape index (κ3) is 5.79. The number of methoxy groups -OCH3 is 1. The molecule has 0 atom stereocenters. The third-order valence-corrected chi connectivity index (χ3v) is 3.52. The SMILES string of the molecule is COc1ccc(CNCCC(=O)Nc2ccccc2C(F)(F)F)cc1. The van der Waals surface area contributed by atoms with Gasteiger partial charge in [0, 0.05) is 19.5 Å². The maximum Gasteiger partial charge on any atom is 0.418 e. The minimum absolute atomic E-state index is 0.0718. The number of nitrogens with one attached hydrogen (secondary N) is 2. The Morgan fingerprint density at radius 1 is 1.08 bits per heavy atom. The number of ether oxygens (including phenoxy) is 1. The zero-order valence-corrected chi connectivity index (χ0v) is 13.7. The lowest BCUT2D eigenvalue weighted by Gasteiger charge is -2.13. The molecule has 0 aliphatic heterocycles. The fraction of sp³-hybridized carbons (Fsp3) is 0.278. The first-order valence-corrected chi connectivity index (χ1v) is 7.70. The molecule has 2 aromatic carbocycles. The van der Waals surface area contributed by atoms with Crippen molar-refractivity contribution in [2.75, 3.05) is 19.0 Å². The van der Waals surface area contributed by atoms with Gasteiger partial charge in [0.1, 0.15) is 5.75 Å². The van der Waals surface area contributed by atoms with E-state index in [1.54, 1.807) is 7.11 Å². The molecule has 0 saturated carbocycles. The number of anilines is 1. The molecule has 2 rings (SSSR count). The van der Waals surface area contributed by atoms with Gasteiger partial charge in [0.05, 0.1) is 18.4 Å². The van der Waals surface area contributed by atoms with E-state index in [1.807, 2.05) is 24.3 Å². The summed E-state index contributed by atoms with van der Waals surface area (Å²) in [5, 5.41) is 5.39. The van der Waals surface area contributed by atoms with Crippen LogP contribution in [-0.4, -0.2) is 19.6 Å². The number of hydrogen-bond donors (Lipinski definition) is 2. The van der Waals surface area contributed by atoms with Crippen LogP contribution in [-0.2, 0) is 17.5 Å². The molecule has 2 aromatic rings. The smallest absolute Gasteiger partial charge is 0.418 e. The summed E-state index contributed by atoms with van der Waals surface area (Å²) in [5.74, 6) is 0.283. The third-order valence-electron chi connectivity index (χ3n) is 3.52. The second-order valence-corrected chi connectivity index (χ2v) is 5.37. The van der Waals surface area contributed by atoms with Gasteiger partial charge in [-0.2, -0.15) is 13.2 Å². The molecular formula is C18H19F3N2O2. The van der Waals surface area contributed by atoms with Crippen molar-refractivity contribution in [2.24, 2.45) is 0 Å². The lowest BCUT2D eigenvalue weighted by Crippen LogP contribution is -2.22. The molecule has 0 aliphatic carbocycles. The largest absolute Gasteiger partial charge is 0.497 e. The zero-order chi connectivity index (χ0) is 18.3. The van der Waals surface area contributed by atoms with Gasteiger partial charge in [-0.3, -0.25) is 4.79 Å². The maximum absolute atomic E-state index is 12.9. The first-order valence-electron chi connectivity index (χ1n) is 7.70. The van der Waals surface area contributed by atoms with Crippen LogP contribution in [0.4, 0.5) is 18.9 Å². The minimum Gasteiger partial charge on any atom is -0.497 e. The Kier molecular flexibility index (Phi) is 6.41. The van der Waals surface area contributed by atoms with Crippen LogP contribution < -0.4 is 15.4 Å². The predicted octanol–water partition coefficient (Wildman–Crippen LogP) is 3.83. The Bertz CT molecular complexity index is 700. The predicted molar refractivity (Wildman–Crippen MR) is 89.4 cm³/mol. The van der Waals surface area contributed by atoms with Crippen LogP contribution in [0.25, 0.3) is 0 Å². The topological polar surface area (TPSA) is 50.4 Å². The summed E-state index contributed by atoms with van der Waals surface area (Å²) < 4.78 is 43.7. The monoisotopic (exact) mass is 352 g/mol. The molecule has 0 heterocycles. The number of alkyl halides is 3.